The van der Waals surface area contributed by atoms with Crippen LogP contribution in [0.25, 0.3) is 6.08 Å². The third kappa shape index (κ3) is 4.69. The van der Waals surface area contributed by atoms with Crippen molar-refractivity contribution in [2.75, 3.05) is 5.32 Å². The Kier molecular flexibility index (Phi) is 5.26. The van der Waals surface area contributed by atoms with Crippen molar-refractivity contribution in [3.05, 3.63) is 70.8 Å². The van der Waals surface area contributed by atoms with Gasteiger partial charge in [-0.25, -0.2) is 4.79 Å². The van der Waals surface area contributed by atoms with Crippen LogP contribution in [-0.4, -0.2) is 17.0 Å². The first kappa shape index (κ1) is 18.3. The molecule has 0 saturated carbocycles. The summed E-state index contributed by atoms with van der Waals surface area (Å²) < 4.78 is 38.1. The lowest BCUT2D eigenvalue weighted by Crippen LogP contribution is -2.15. The van der Waals surface area contributed by atoms with E-state index in [-0.39, 0.29) is 22.4 Å². The van der Waals surface area contributed by atoms with Crippen molar-refractivity contribution in [3.63, 3.8) is 0 Å². The van der Waals surface area contributed by atoms with Crippen molar-refractivity contribution in [2.45, 2.75) is 13.1 Å². The number of nitrogens with one attached hydrogen (secondary N) is 1. The Labute approximate surface area is 141 Å². The molecule has 7 heteroatoms. The number of anilines is 1. The molecular formula is C18H14F3NO3. The fraction of sp³-hybridized carbons (Fsp3) is 0.111. The topological polar surface area (TPSA) is 66.4 Å². The molecule has 0 fully saturated rings. The van der Waals surface area contributed by atoms with Gasteiger partial charge in [-0.1, -0.05) is 24.3 Å². The molecule has 0 radical (unpaired) electrons. The largest absolute Gasteiger partial charge is 0.478 e. The van der Waals surface area contributed by atoms with Gasteiger partial charge in [0.25, 0.3) is 5.91 Å². The number of hydrogen-bond donors (Lipinski definition) is 2. The summed E-state index contributed by atoms with van der Waals surface area (Å²) in [6.07, 6.45) is -3.17. The van der Waals surface area contributed by atoms with Crippen LogP contribution in [0.3, 0.4) is 0 Å². The van der Waals surface area contributed by atoms with Crippen molar-refractivity contribution < 1.29 is 27.9 Å². The average Bonchev–Trinajstić information content (AvgIpc) is 2.54. The van der Waals surface area contributed by atoms with Gasteiger partial charge in [-0.15, -0.1) is 0 Å². The Bertz CT molecular complexity index is 841. The number of benzene rings is 2. The molecule has 0 spiro atoms. The van der Waals surface area contributed by atoms with Gasteiger partial charge in [0.1, 0.15) is 0 Å². The van der Waals surface area contributed by atoms with Gasteiger partial charge in [0, 0.05) is 5.57 Å². The molecule has 1 amide bonds. The minimum atomic E-state index is -4.47. The van der Waals surface area contributed by atoms with Crippen molar-refractivity contribution in [1.29, 1.82) is 0 Å². The molecule has 130 valence electrons. The van der Waals surface area contributed by atoms with Crippen LogP contribution in [0.15, 0.2) is 54.1 Å². The van der Waals surface area contributed by atoms with Crippen LogP contribution >= 0.6 is 0 Å². The summed E-state index contributed by atoms with van der Waals surface area (Å²) in [5, 5.41) is 11.5. The fourth-order valence-corrected chi connectivity index (χ4v) is 2.12. The Balaban J connectivity index is 2.23. The normalized spacial score (nSPS) is 11.9. The van der Waals surface area contributed by atoms with Gasteiger partial charge in [-0.3, -0.25) is 4.79 Å². The smallest absolute Gasteiger partial charge is 0.416 e. The number of aromatic carboxylic acids is 1. The Morgan fingerprint density at radius 1 is 1.08 bits per heavy atom. The van der Waals surface area contributed by atoms with E-state index in [1.807, 2.05) is 0 Å². The van der Waals surface area contributed by atoms with Crippen LogP contribution < -0.4 is 5.32 Å². The first-order chi connectivity index (χ1) is 11.7. The monoisotopic (exact) mass is 349 g/mol. The molecule has 0 heterocycles. The van der Waals surface area contributed by atoms with Crippen LogP contribution in [0.5, 0.6) is 0 Å². The highest BCUT2D eigenvalue weighted by molar-refractivity contribution is 6.09. The predicted octanol–water partition coefficient (Wildman–Crippen LogP) is 4.45. The summed E-state index contributed by atoms with van der Waals surface area (Å²) in [5.41, 5.74) is -0.432. The fourth-order valence-electron chi connectivity index (χ4n) is 2.12. The third-order valence-corrected chi connectivity index (χ3v) is 3.36. The maximum atomic E-state index is 12.7. The van der Waals surface area contributed by atoms with Crippen molar-refractivity contribution in [1.82, 2.24) is 0 Å². The second-order valence-electron chi connectivity index (χ2n) is 5.26. The molecular weight excluding hydrogens is 335 g/mol. The minimum Gasteiger partial charge on any atom is -0.478 e. The second kappa shape index (κ2) is 7.21. The lowest BCUT2D eigenvalue weighted by Gasteiger charge is -2.09. The minimum absolute atomic E-state index is 0.0808. The number of halogens is 3. The molecule has 4 nitrogen and oxygen atoms in total. The Morgan fingerprint density at radius 3 is 2.40 bits per heavy atom. The number of carboxylic acid groups (broad SMARTS) is 1. The molecule has 2 aromatic carbocycles. The number of carbonyl (C=O) groups excluding carboxylic acids is 1. The molecule has 0 aromatic heterocycles. The summed E-state index contributed by atoms with van der Waals surface area (Å²) in [5.74, 6) is -1.80. The van der Waals surface area contributed by atoms with Crippen molar-refractivity contribution >= 4 is 23.6 Å². The van der Waals surface area contributed by atoms with Gasteiger partial charge in [0.2, 0.25) is 0 Å². The van der Waals surface area contributed by atoms with E-state index < -0.39 is 23.6 Å². The highest BCUT2D eigenvalue weighted by Crippen LogP contribution is 2.30. The zero-order chi connectivity index (χ0) is 18.6. The molecule has 0 unspecified atom stereocenters. The number of hydrogen-bond acceptors (Lipinski definition) is 2. The highest BCUT2D eigenvalue weighted by Gasteiger charge is 2.30. The quantitative estimate of drug-likeness (QED) is 0.802. The van der Waals surface area contributed by atoms with Gasteiger partial charge in [-0.2, -0.15) is 13.2 Å². The summed E-state index contributed by atoms with van der Waals surface area (Å²) in [4.78, 5) is 23.3. The number of carbonyl (C=O) groups is 2. The lowest BCUT2D eigenvalue weighted by atomic mass is 10.1. The van der Waals surface area contributed by atoms with Gasteiger partial charge in [0.05, 0.1) is 16.8 Å². The highest BCUT2D eigenvalue weighted by atomic mass is 19.4. The molecule has 0 aliphatic rings. The number of amides is 1. The van der Waals surface area contributed by atoms with E-state index in [0.29, 0.717) is 0 Å². The Morgan fingerprint density at radius 2 is 1.76 bits per heavy atom. The summed E-state index contributed by atoms with van der Waals surface area (Å²) >= 11 is 0. The molecule has 0 atom stereocenters. The first-order valence-corrected chi connectivity index (χ1v) is 7.17. The van der Waals surface area contributed by atoms with Crippen LogP contribution in [0.4, 0.5) is 18.9 Å². The number of alkyl halides is 3. The van der Waals surface area contributed by atoms with Gasteiger partial charge in [0.15, 0.2) is 0 Å². The molecule has 25 heavy (non-hydrogen) atoms. The summed E-state index contributed by atoms with van der Waals surface area (Å²) in [6, 6.07) is 10.4. The number of rotatable bonds is 4. The van der Waals surface area contributed by atoms with E-state index in [0.717, 1.165) is 12.1 Å². The van der Waals surface area contributed by atoms with Crippen LogP contribution in [-0.2, 0) is 11.0 Å². The summed E-state index contributed by atoms with van der Waals surface area (Å²) in [7, 11) is 0. The average molecular weight is 349 g/mol. The molecule has 0 saturated heterocycles. The molecule has 2 aromatic rings. The SMILES string of the molecule is C/C(=C\c1cccc(C(F)(F)F)c1)C(=O)Nc1ccccc1C(=O)O. The molecule has 0 aliphatic heterocycles. The molecule has 0 aliphatic carbocycles. The van der Waals surface area contributed by atoms with Crippen LogP contribution in [0.1, 0.15) is 28.4 Å². The van der Waals surface area contributed by atoms with E-state index in [9.17, 15) is 22.8 Å². The zero-order valence-electron chi connectivity index (χ0n) is 13.1. The van der Waals surface area contributed by atoms with Gasteiger partial charge < -0.3 is 10.4 Å². The van der Waals surface area contributed by atoms with E-state index in [1.54, 1.807) is 6.07 Å². The van der Waals surface area contributed by atoms with Crippen molar-refractivity contribution in [3.8, 4) is 0 Å². The van der Waals surface area contributed by atoms with E-state index in [4.69, 9.17) is 5.11 Å². The standard InChI is InChI=1S/C18H14F3NO3/c1-11(9-12-5-4-6-13(10-12)18(19,20)21)16(23)22-15-8-3-2-7-14(15)17(24)25/h2-10H,1H3,(H,22,23)(H,24,25)/b11-9+. The predicted molar refractivity (Wildman–Crippen MR) is 87.1 cm³/mol. The van der Waals surface area contributed by atoms with Crippen LogP contribution in [0.2, 0.25) is 0 Å². The zero-order valence-corrected chi connectivity index (χ0v) is 13.1. The number of para-hydroxylation sites is 1. The number of carboxylic acids is 1. The molecule has 2 N–H and O–H groups in total. The maximum absolute atomic E-state index is 12.7. The molecule has 0 bridgehead atoms. The van der Waals surface area contributed by atoms with E-state index in [2.05, 4.69) is 5.32 Å². The lowest BCUT2D eigenvalue weighted by molar-refractivity contribution is -0.137. The van der Waals surface area contributed by atoms with Crippen LogP contribution in [0, 0.1) is 0 Å². The van der Waals surface area contributed by atoms with Gasteiger partial charge in [-0.05, 0) is 42.8 Å². The van der Waals surface area contributed by atoms with Crippen molar-refractivity contribution in [2.24, 2.45) is 0 Å². The van der Waals surface area contributed by atoms with E-state index in [1.165, 1.54) is 43.3 Å². The van der Waals surface area contributed by atoms with E-state index >= 15 is 0 Å². The third-order valence-electron chi connectivity index (χ3n) is 3.36. The summed E-state index contributed by atoms with van der Waals surface area (Å²) in [6.45, 7) is 1.43. The molecule has 2 rings (SSSR count). The second-order valence-corrected chi connectivity index (χ2v) is 5.26. The Hall–Kier alpha value is -3.09. The first-order valence-electron chi connectivity index (χ1n) is 7.17. The van der Waals surface area contributed by atoms with Gasteiger partial charge >= 0.3 is 12.1 Å². The maximum Gasteiger partial charge on any atom is 0.416 e.